The summed E-state index contributed by atoms with van der Waals surface area (Å²) >= 11 is 0. The Morgan fingerprint density at radius 1 is 0.929 bits per heavy atom. The van der Waals surface area contributed by atoms with E-state index >= 15 is 0 Å². The van der Waals surface area contributed by atoms with Gasteiger partial charge < -0.3 is 5.11 Å². The Kier molecular flexibility index (Phi) is 9.49. The highest BCUT2D eigenvalue weighted by molar-refractivity contribution is 4.62. The molecule has 0 bridgehead atoms. The summed E-state index contributed by atoms with van der Waals surface area (Å²) in [4.78, 5) is 0. The molecule has 0 aliphatic carbocycles. The van der Waals surface area contributed by atoms with E-state index in [-0.39, 0.29) is 6.10 Å². The predicted molar refractivity (Wildman–Crippen MR) is 63.5 cm³/mol. The molecule has 14 heavy (non-hydrogen) atoms. The topological polar surface area (TPSA) is 20.2 Å². The van der Waals surface area contributed by atoms with E-state index < -0.39 is 0 Å². The summed E-state index contributed by atoms with van der Waals surface area (Å²) in [6.45, 7) is 6.53. The summed E-state index contributed by atoms with van der Waals surface area (Å²) in [5, 5.41) is 9.72. The summed E-state index contributed by atoms with van der Waals surface area (Å²) in [5.74, 6) is 0.477. The third-order valence-corrected chi connectivity index (χ3v) is 3.15. The Bertz CT molecular complexity index is 112. The van der Waals surface area contributed by atoms with Gasteiger partial charge in [-0.25, -0.2) is 0 Å². The number of aliphatic hydroxyl groups excluding tert-OH is 1. The highest BCUT2D eigenvalue weighted by Gasteiger charge is 2.10. The van der Waals surface area contributed by atoms with Crippen LogP contribution in [0.2, 0.25) is 0 Å². The zero-order valence-corrected chi connectivity index (χ0v) is 10.3. The summed E-state index contributed by atoms with van der Waals surface area (Å²) in [6, 6.07) is 0. The van der Waals surface area contributed by atoms with Gasteiger partial charge in [-0.15, -0.1) is 0 Å². The highest BCUT2D eigenvalue weighted by Crippen LogP contribution is 2.15. The van der Waals surface area contributed by atoms with Gasteiger partial charge in [0.25, 0.3) is 0 Å². The number of unbranched alkanes of at least 4 members (excludes halogenated alkanes) is 5. The molecule has 1 heteroatoms. The molecule has 0 fully saturated rings. The van der Waals surface area contributed by atoms with Crippen molar-refractivity contribution in [3.8, 4) is 0 Å². The quantitative estimate of drug-likeness (QED) is 0.554. The summed E-state index contributed by atoms with van der Waals surface area (Å²) in [6.07, 6.45) is 9.94. The van der Waals surface area contributed by atoms with Gasteiger partial charge in [0, 0.05) is 0 Å². The number of rotatable bonds is 9. The van der Waals surface area contributed by atoms with Crippen LogP contribution in [0.15, 0.2) is 0 Å². The SMILES string of the molecule is CCCCCCCCC(O)C(C)CC. The van der Waals surface area contributed by atoms with Gasteiger partial charge in [0.15, 0.2) is 0 Å². The van der Waals surface area contributed by atoms with Crippen molar-refractivity contribution in [3.05, 3.63) is 0 Å². The second-order valence-electron chi connectivity index (χ2n) is 4.51. The van der Waals surface area contributed by atoms with Crippen LogP contribution in [0.25, 0.3) is 0 Å². The maximum Gasteiger partial charge on any atom is 0.0565 e. The van der Waals surface area contributed by atoms with Crippen molar-refractivity contribution in [2.24, 2.45) is 5.92 Å². The van der Waals surface area contributed by atoms with E-state index in [9.17, 15) is 5.11 Å². The Morgan fingerprint density at radius 3 is 2.07 bits per heavy atom. The maximum atomic E-state index is 9.72. The molecule has 0 rings (SSSR count). The summed E-state index contributed by atoms with van der Waals surface area (Å²) in [7, 11) is 0. The lowest BCUT2D eigenvalue weighted by Gasteiger charge is -2.16. The predicted octanol–water partition coefficient (Wildman–Crippen LogP) is 4.14. The van der Waals surface area contributed by atoms with Gasteiger partial charge in [-0.05, 0) is 12.3 Å². The first-order valence-corrected chi connectivity index (χ1v) is 6.40. The largest absolute Gasteiger partial charge is 0.393 e. The minimum Gasteiger partial charge on any atom is -0.393 e. The van der Waals surface area contributed by atoms with Crippen LogP contribution >= 0.6 is 0 Å². The average molecular weight is 200 g/mol. The van der Waals surface area contributed by atoms with Crippen LogP contribution in [0.3, 0.4) is 0 Å². The second kappa shape index (κ2) is 9.51. The molecule has 0 saturated heterocycles. The van der Waals surface area contributed by atoms with Crippen molar-refractivity contribution in [2.75, 3.05) is 0 Å². The van der Waals surface area contributed by atoms with E-state index in [2.05, 4.69) is 20.8 Å². The molecule has 86 valence electrons. The third kappa shape index (κ3) is 7.37. The molecule has 0 aromatic carbocycles. The molecule has 0 heterocycles. The zero-order valence-electron chi connectivity index (χ0n) is 10.3. The van der Waals surface area contributed by atoms with Crippen molar-refractivity contribution < 1.29 is 5.11 Å². The van der Waals surface area contributed by atoms with Gasteiger partial charge in [-0.3, -0.25) is 0 Å². The van der Waals surface area contributed by atoms with E-state index in [0.29, 0.717) is 5.92 Å². The molecular weight excluding hydrogens is 172 g/mol. The minimum atomic E-state index is -0.0637. The lowest BCUT2D eigenvalue weighted by molar-refractivity contribution is 0.102. The van der Waals surface area contributed by atoms with Crippen LogP contribution in [-0.2, 0) is 0 Å². The molecule has 0 aromatic heterocycles. The van der Waals surface area contributed by atoms with Gasteiger partial charge in [-0.2, -0.15) is 0 Å². The van der Waals surface area contributed by atoms with Crippen LogP contribution in [0, 0.1) is 5.92 Å². The standard InChI is InChI=1S/C13H28O/c1-4-6-7-8-9-10-11-13(14)12(3)5-2/h12-14H,4-11H2,1-3H3. The molecule has 2 atom stereocenters. The normalized spacial score (nSPS) is 15.4. The molecule has 0 aliphatic rings. The molecule has 0 saturated carbocycles. The van der Waals surface area contributed by atoms with E-state index in [1.165, 1.54) is 38.5 Å². The van der Waals surface area contributed by atoms with Crippen molar-refractivity contribution in [1.82, 2.24) is 0 Å². The summed E-state index contributed by atoms with van der Waals surface area (Å²) in [5.41, 5.74) is 0. The minimum absolute atomic E-state index is 0.0637. The monoisotopic (exact) mass is 200 g/mol. The smallest absolute Gasteiger partial charge is 0.0565 e. The van der Waals surface area contributed by atoms with Crippen LogP contribution in [-0.4, -0.2) is 11.2 Å². The van der Waals surface area contributed by atoms with Crippen LogP contribution in [0.5, 0.6) is 0 Å². The molecule has 0 aromatic rings. The Labute approximate surface area is 89.9 Å². The van der Waals surface area contributed by atoms with Gasteiger partial charge in [0.2, 0.25) is 0 Å². The fourth-order valence-electron chi connectivity index (χ4n) is 1.69. The molecule has 0 radical (unpaired) electrons. The molecule has 0 spiro atoms. The Balaban J connectivity index is 3.18. The molecule has 1 nitrogen and oxygen atoms in total. The van der Waals surface area contributed by atoms with Crippen molar-refractivity contribution in [1.29, 1.82) is 0 Å². The molecule has 0 aliphatic heterocycles. The van der Waals surface area contributed by atoms with Crippen LogP contribution in [0.4, 0.5) is 0 Å². The third-order valence-electron chi connectivity index (χ3n) is 3.15. The van der Waals surface area contributed by atoms with E-state index in [1.54, 1.807) is 0 Å². The second-order valence-corrected chi connectivity index (χ2v) is 4.51. The van der Waals surface area contributed by atoms with Gasteiger partial charge in [0.05, 0.1) is 6.10 Å². The molecular formula is C13H28O. The lowest BCUT2D eigenvalue weighted by Crippen LogP contribution is -2.16. The maximum absolute atomic E-state index is 9.72. The van der Waals surface area contributed by atoms with Crippen molar-refractivity contribution >= 4 is 0 Å². The van der Waals surface area contributed by atoms with E-state index in [4.69, 9.17) is 0 Å². The average Bonchev–Trinajstić information content (AvgIpc) is 2.21. The first-order chi connectivity index (χ1) is 6.72. The zero-order chi connectivity index (χ0) is 10.8. The van der Waals surface area contributed by atoms with Gasteiger partial charge >= 0.3 is 0 Å². The van der Waals surface area contributed by atoms with Crippen LogP contribution in [0.1, 0.15) is 72.1 Å². The molecule has 1 N–H and O–H groups in total. The fraction of sp³-hybridized carbons (Fsp3) is 1.00. The first kappa shape index (κ1) is 14.0. The lowest BCUT2D eigenvalue weighted by atomic mass is 9.96. The van der Waals surface area contributed by atoms with Gasteiger partial charge in [-0.1, -0.05) is 65.7 Å². The van der Waals surface area contributed by atoms with Crippen LogP contribution < -0.4 is 0 Å². The first-order valence-electron chi connectivity index (χ1n) is 6.40. The Hall–Kier alpha value is -0.0400. The molecule has 2 unspecified atom stereocenters. The number of hydrogen-bond donors (Lipinski definition) is 1. The van der Waals surface area contributed by atoms with Crippen molar-refractivity contribution in [3.63, 3.8) is 0 Å². The highest BCUT2D eigenvalue weighted by atomic mass is 16.3. The van der Waals surface area contributed by atoms with Gasteiger partial charge in [0.1, 0.15) is 0 Å². The Morgan fingerprint density at radius 2 is 1.50 bits per heavy atom. The van der Waals surface area contributed by atoms with E-state index in [0.717, 1.165) is 12.8 Å². The van der Waals surface area contributed by atoms with E-state index in [1.807, 2.05) is 0 Å². The fourth-order valence-corrected chi connectivity index (χ4v) is 1.69. The molecule has 0 amide bonds. The number of hydrogen-bond acceptors (Lipinski definition) is 1. The number of aliphatic hydroxyl groups is 1. The van der Waals surface area contributed by atoms with Crippen molar-refractivity contribution in [2.45, 2.75) is 78.2 Å². The summed E-state index contributed by atoms with van der Waals surface area (Å²) < 4.78 is 0.